The lowest BCUT2D eigenvalue weighted by atomic mass is 10.1. The van der Waals surface area contributed by atoms with E-state index in [9.17, 15) is 4.79 Å². The highest BCUT2D eigenvalue weighted by molar-refractivity contribution is 5.95. The van der Waals surface area contributed by atoms with E-state index in [2.05, 4.69) is 29.9 Å². The maximum atomic E-state index is 12.6. The van der Waals surface area contributed by atoms with Crippen LogP contribution in [-0.2, 0) is 6.42 Å². The number of hydrogen-bond acceptors (Lipinski definition) is 10. The predicted octanol–water partition coefficient (Wildman–Crippen LogP) is 2.79. The van der Waals surface area contributed by atoms with Gasteiger partial charge in [-0.05, 0) is 30.2 Å². The number of piperidine rings is 1. The van der Waals surface area contributed by atoms with Crippen LogP contribution in [0.3, 0.4) is 0 Å². The van der Waals surface area contributed by atoms with Gasteiger partial charge in [0.25, 0.3) is 5.91 Å². The number of aliphatic hydroxyl groups is 1. The minimum absolute atomic E-state index is 0.0434. The molecule has 1 saturated heterocycles. The molecule has 1 amide bonds. The summed E-state index contributed by atoms with van der Waals surface area (Å²) in [5.74, 6) is 2.18. The number of hydrogen-bond donors (Lipinski definition) is 1. The van der Waals surface area contributed by atoms with Crippen molar-refractivity contribution < 1.29 is 19.2 Å². The number of amides is 1. The summed E-state index contributed by atoms with van der Waals surface area (Å²) >= 11 is 0. The van der Waals surface area contributed by atoms with Crippen LogP contribution in [-0.4, -0.2) is 82.0 Å². The molecule has 1 fully saturated rings. The first-order valence-electron chi connectivity index (χ1n) is 12.8. The molecule has 4 heterocycles. The summed E-state index contributed by atoms with van der Waals surface area (Å²) in [6.07, 6.45) is 4.04. The summed E-state index contributed by atoms with van der Waals surface area (Å²) in [5.41, 5.74) is 2.74. The van der Waals surface area contributed by atoms with E-state index in [1.54, 1.807) is 7.05 Å². The van der Waals surface area contributed by atoms with Gasteiger partial charge in [-0.1, -0.05) is 19.0 Å². The first-order chi connectivity index (χ1) is 17.9. The highest BCUT2D eigenvalue weighted by atomic mass is 16.5. The summed E-state index contributed by atoms with van der Waals surface area (Å²) in [5, 5.41) is 13.2. The molecule has 37 heavy (non-hydrogen) atoms. The van der Waals surface area contributed by atoms with E-state index in [1.165, 1.54) is 11.2 Å². The standard InChI is InChI=1S/C26H33N7O4/c1-17(2)24-29-26(37-30-24)32-9-7-20(8-10-32)36-23-15-22(27-16-28-23)33-11-6-18-14-19(4-5-21(18)33)25(35)31(3)12-13-34/h4-5,14-17,20,34H,6-13H2,1-3H3. The van der Waals surface area contributed by atoms with Gasteiger partial charge < -0.3 is 29.1 Å². The Kier molecular flexibility index (Phi) is 7.22. The van der Waals surface area contributed by atoms with Gasteiger partial charge in [-0.3, -0.25) is 4.79 Å². The largest absolute Gasteiger partial charge is 0.474 e. The zero-order valence-corrected chi connectivity index (χ0v) is 21.5. The average Bonchev–Trinajstić information content (AvgIpc) is 3.57. The van der Waals surface area contributed by atoms with Crippen molar-refractivity contribution in [1.29, 1.82) is 0 Å². The minimum Gasteiger partial charge on any atom is -0.474 e. The summed E-state index contributed by atoms with van der Waals surface area (Å²) in [4.78, 5) is 31.7. The Balaban J connectivity index is 1.22. The summed E-state index contributed by atoms with van der Waals surface area (Å²) in [7, 11) is 1.69. The molecule has 0 aliphatic carbocycles. The second-order valence-electron chi connectivity index (χ2n) is 9.80. The third-order valence-electron chi connectivity index (χ3n) is 6.86. The Labute approximate surface area is 216 Å². The summed E-state index contributed by atoms with van der Waals surface area (Å²) in [6.45, 7) is 6.65. The lowest BCUT2D eigenvalue weighted by molar-refractivity contribution is 0.0767. The molecular formula is C26H33N7O4. The first kappa shape index (κ1) is 24.9. The van der Waals surface area contributed by atoms with Crippen molar-refractivity contribution in [2.75, 3.05) is 49.6 Å². The van der Waals surface area contributed by atoms with Crippen molar-refractivity contribution in [2.45, 2.75) is 45.1 Å². The summed E-state index contributed by atoms with van der Waals surface area (Å²) in [6, 6.07) is 8.17. The highest BCUT2D eigenvalue weighted by Gasteiger charge is 2.27. The van der Waals surface area contributed by atoms with Crippen molar-refractivity contribution in [3.63, 3.8) is 0 Å². The zero-order valence-electron chi connectivity index (χ0n) is 21.5. The number of benzene rings is 1. The number of carbonyl (C=O) groups excluding carboxylic acids is 1. The minimum atomic E-state index is -0.0986. The molecule has 0 spiro atoms. The van der Waals surface area contributed by atoms with Crippen molar-refractivity contribution in [2.24, 2.45) is 0 Å². The van der Waals surface area contributed by atoms with E-state index in [-0.39, 0.29) is 24.5 Å². The van der Waals surface area contributed by atoms with Crippen LogP contribution in [0.1, 0.15) is 54.4 Å². The van der Waals surface area contributed by atoms with E-state index in [1.807, 2.05) is 38.1 Å². The maximum absolute atomic E-state index is 12.6. The average molecular weight is 508 g/mol. The van der Waals surface area contributed by atoms with E-state index in [0.29, 0.717) is 24.0 Å². The SMILES string of the molecule is CC(C)c1noc(N2CCC(Oc3cc(N4CCc5cc(C(=O)N(C)CCO)ccc54)ncn3)CC2)n1. The van der Waals surface area contributed by atoms with Gasteiger partial charge in [-0.2, -0.15) is 4.98 Å². The van der Waals surface area contributed by atoms with Gasteiger partial charge in [0.2, 0.25) is 5.88 Å². The third-order valence-corrected chi connectivity index (χ3v) is 6.86. The van der Waals surface area contributed by atoms with Crippen LogP contribution < -0.4 is 14.5 Å². The van der Waals surface area contributed by atoms with E-state index >= 15 is 0 Å². The molecule has 11 heteroatoms. The first-order valence-corrected chi connectivity index (χ1v) is 12.8. The Hall–Kier alpha value is -3.73. The quantitative estimate of drug-likeness (QED) is 0.487. The fraction of sp³-hybridized carbons (Fsp3) is 0.500. The van der Waals surface area contributed by atoms with Crippen LogP contribution in [0.15, 0.2) is 35.1 Å². The van der Waals surface area contributed by atoms with E-state index in [4.69, 9.17) is 14.4 Å². The fourth-order valence-electron chi connectivity index (χ4n) is 4.71. The molecule has 196 valence electrons. The molecule has 0 unspecified atom stereocenters. The molecule has 0 radical (unpaired) electrons. The maximum Gasteiger partial charge on any atom is 0.324 e. The van der Waals surface area contributed by atoms with Crippen LogP contribution in [0.2, 0.25) is 0 Å². The van der Waals surface area contributed by atoms with Crippen LogP contribution in [0, 0.1) is 0 Å². The molecule has 2 aromatic heterocycles. The smallest absolute Gasteiger partial charge is 0.324 e. The van der Waals surface area contributed by atoms with Crippen LogP contribution in [0.25, 0.3) is 0 Å². The number of aromatic nitrogens is 4. The fourth-order valence-corrected chi connectivity index (χ4v) is 4.71. The molecule has 0 atom stereocenters. The lowest BCUT2D eigenvalue weighted by Gasteiger charge is -2.30. The third kappa shape index (κ3) is 5.36. The van der Waals surface area contributed by atoms with Crippen molar-refractivity contribution >= 4 is 23.4 Å². The number of nitrogens with zero attached hydrogens (tertiary/aromatic N) is 7. The van der Waals surface area contributed by atoms with Gasteiger partial charge in [0, 0.05) is 69.3 Å². The Morgan fingerprint density at radius 3 is 2.76 bits per heavy atom. The molecule has 0 bridgehead atoms. The summed E-state index contributed by atoms with van der Waals surface area (Å²) < 4.78 is 11.7. The molecule has 1 aromatic carbocycles. The molecule has 0 saturated carbocycles. The number of rotatable bonds is 8. The predicted molar refractivity (Wildman–Crippen MR) is 137 cm³/mol. The van der Waals surface area contributed by atoms with E-state index < -0.39 is 0 Å². The van der Waals surface area contributed by atoms with Crippen LogP contribution >= 0.6 is 0 Å². The second-order valence-corrected chi connectivity index (χ2v) is 9.80. The van der Waals surface area contributed by atoms with Gasteiger partial charge in [0.05, 0.1) is 6.61 Å². The van der Waals surface area contributed by atoms with Crippen molar-refractivity contribution in [1.82, 2.24) is 25.0 Å². The molecule has 5 rings (SSSR count). The van der Waals surface area contributed by atoms with E-state index in [0.717, 1.165) is 61.8 Å². The Morgan fingerprint density at radius 1 is 1.22 bits per heavy atom. The number of likely N-dealkylation sites (N-methyl/N-ethyl adjacent to an activating group) is 1. The molecule has 2 aliphatic rings. The van der Waals surface area contributed by atoms with Gasteiger partial charge in [0.15, 0.2) is 5.82 Å². The normalized spacial score (nSPS) is 15.8. The van der Waals surface area contributed by atoms with Crippen LogP contribution in [0.4, 0.5) is 17.5 Å². The zero-order chi connectivity index (χ0) is 25.9. The van der Waals surface area contributed by atoms with Gasteiger partial charge in [0.1, 0.15) is 18.2 Å². The van der Waals surface area contributed by atoms with Crippen molar-refractivity contribution in [3.05, 3.63) is 47.5 Å². The molecule has 2 aliphatic heterocycles. The Bertz CT molecular complexity index is 1240. The monoisotopic (exact) mass is 507 g/mol. The number of anilines is 3. The topological polar surface area (TPSA) is 121 Å². The van der Waals surface area contributed by atoms with Crippen LogP contribution in [0.5, 0.6) is 5.88 Å². The number of carbonyl (C=O) groups is 1. The number of fused-ring (bicyclic) bond motifs is 1. The molecule has 1 N–H and O–H groups in total. The second kappa shape index (κ2) is 10.7. The van der Waals surface area contributed by atoms with Gasteiger partial charge >= 0.3 is 6.01 Å². The molecule has 11 nitrogen and oxygen atoms in total. The lowest BCUT2D eigenvalue weighted by Crippen LogP contribution is -2.38. The molecule has 3 aromatic rings. The number of ether oxygens (including phenoxy) is 1. The van der Waals surface area contributed by atoms with Gasteiger partial charge in [-0.25, -0.2) is 9.97 Å². The van der Waals surface area contributed by atoms with Gasteiger partial charge in [-0.15, -0.1) is 0 Å². The Morgan fingerprint density at radius 2 is 2.03 bits per heavy atom. The number of aliphatic hydroxyl groups excluding tert-OH is 1. The highest BCUT2D eigenvalue weighted by Crippen LogP contribution is 2.35. The molecular weight excluding hydrogens is 474 g/mol. The van der Waals surface area contributed by atoms with Crippen molar-refractivity contribution in [3.8, 4) is 5.88 Å².